The van der Waals surface area contributed by atoms with Gasteiger partial charge in [-0.15, -0.1) is 0 Å². The highest BCUT2D eigenvalue weighted by Crippen LogP contribution is 2.13. The molecule has 1 heterocycles. The molecule has 0 bridgehead atoms. The van der Waals surface area contributed by atoms with Gasteiger partial charge in [-0.1, -0.05) is 20.3 Å². The molecule has 1 fully saturated rings. The van der Waals surface area contributed by atoms with Crippen molar-refractivity contribution in [2.45, 2.75) is 58.0 Å². The summed E-state index contributed by atoms with van der Waals surface area (Å²) in [5, 5.41) is 12.8. The summed E-state index contributed by atoms with van der Waals surface area (Å²) in [5.41, 5.74) is -0.835. The predicted molar refractivity (Wildman–Crippen MR) is 73.6 cm³/mol. The number of carbonyl (C=O) groups is 2. The topological polar surface area (TPSA) is 69.6 Å². The zero-order chi connectivity index (χ0) is 14.3. The first kappa shape index (κ1) is 16.0. The smallest absolute Gasteiger partial charge is 0.239 e. The Labute approximate surface area is 115 Å². The molecule has 0 aliphatic carbocycles. The lowest BCUT2D eigenvalue weighted by atomic mass is 9.98. The summed E-state index contributed by atoms with van der Waals surface area (Å²) in [6.45, 7) is 4.82. The minimum atomic E-state index is -0.835. The number of likely N-dealkylation sites (tertiary alicyclic amines) is 1. The summed E-state index contributed by atoms with van der Waals surface area (Å²) in [6, 6.07) is 0. The van der Waals surface area contributed by atoms with Crippen LogP contribution in [0.3, 0.4) is 0 Å². The minimum absolute atomic E-state index is 0.0638. The molecule has 0 aromatic heterocycles. The Hall–Kier alpha value is -1.10. The standard InChI is InChI=1S/C14H26N2O3/c1-3-14(19,4-2)11-15-12(17)10-16-9-7-5-6-8-13(16)18/h19H,3-11H2,1-2H3,(H,15,17). The van der Waals surface area contributed by atoms with Crippen LogP contribution < -0.4 is 5.32 Å². The van der Waals surface area contributed by atoms with Crippen LogP contribution in [0.5, 0.6) is 0 Å². The molecule has 0 radical (unpaired) electrons. The maximum atomic E-state index is 11.8. The Balaban J connectivity index is 2.39. The van der Waals surface area contributed by atoms with E-state index in [-0.39, 0.29) is 24.9 Å². The maximum Gasteiger partial charge on any atom is 0.239 e. The summed E-state index contributed by atoms with van der Waals surface area (Å²) in [4.78, 5) is 25.2. The van der Waals surface area contributed by atoms with Crippen LogP contribution in [0.25, 0.3) is 0 Å². The van der Waals surface area contributed by atoms with E-state index in [1.807, 2.05) is 13.8 Å². The molecule has 1 rings (SSSR count). The average molecular weight is 270 g/mol. The molecule has 1 saturated heterocycles. The van der Waals surface area contributed by atoms with Crippen LogP contribution in [-0.2, 0) is 9.59 Å². The Kier molecular flexibility index (Phi) is 6.28. The number of hydrogen-bond donors (Lipinski definition) is 2. The summed E-state index contributed by atoms with van der Waals surface area (Å²) >= 11 is 0. The molecule has 2 amide bonds. The van der Waals surface area contributed by atoms with Gasteiger partial charge in [0.2, 0.25) is 11.8 Å². The molecule has 5 nitrogen and oxygen atoms in total. The first-order valence-corrected chi connectivity index (χ1v) is 7.27. The highest BCUT2D eigenvalue weighted by molar-refractivity contribution is 5.84. The number of nitrogens with zero attached hydrogens (tertiary/aromatic N) is 1. The van der Waals surface area contributed by atoms with Gasteiger partial charge in [-0.2, -0.15) is 0 Å². The van der Waals surface area contributed by atoms with Crippen molar-refractivity contribution in [3.63, 3.8) is 0 Å². The van der Waals surface area contributed by atoms with Crippen molar-refractivity contribution in [1.29, 1.82) is 0 Å². The first-order chi connectivity index (χ1) is 9.00. The lowest BCUT2D eigenvalue weighted by molar-refractivity contribution is -0.136. The fourth-order valence-corrected chi connectivity index (χ4v) is 2.20. The van der Waals surface area contributed by atoms with Gasteiger partial charge in [0.05, 0.1) is 12.1 Å². The van der Waals surface area contributed by atoms with Gasteiger partial charge in [-0.05, 0) is 25.7 Å². The van der Waals surface area contributed by atoms with E-state index in [0.717, 1.165) is 19.3 Å². The molecule has 0 atom stereocenters. The van der Waals surface area contributed by atoms with Crippen LogP contribution in [0.4, 0.5) is 0 Å². The summed E-state index contributed by atoms with van der Waals surface area (Å²) in [5.74, 6) is -0.121. The highest BCUT2D eigenvalue weighted by Gasteiger charge is 2.24. The van der Waals surface area contributed by atoms with Gasteiger partial charge in [-0.3, -0.25) is 9.59 Å². The van der Waals surface area contributed by atoms with Crippen molar-refractivity contribution in [2.24, 2.45) is 0 Å². The SMILES string of the molecule is CCC(O)(CC)CNC(=O)CN1CCCCCC1=O. The lowest BCUT2D eigenvalue weighted by Gasteiger charge is -2.26. The Morgan fingerprint density at radius 2 is 2.00 bits per heavy atom. The number of aliphatic hydroxyl groups is 1. The van der Waals surface area contributed by atoms with E-state index in [1.165, 1.54) is 0 Å². The van der Waals surface area contributed by atoms with Gasteiger partial charge < -0.3 is 15.3 Å². The zero-order valence-electron chi connectivity index (χ0n) is 12.1. The van der Waals surface area contributed by atoms with Crippen molar-refractivity contribution in [1.82, 2.24) is 10.2 Å². The largest absolute Gasteiger partial charge is 0.388 e. The Morgan fingerprint density at radius 3 is 2.63 bits per heavy atom. The molecule has 1 aliphatic rings. The quantitative estimate of drug-likeness (QED) is 0.758. The van der Waals surface area contributed by atoms with Crippen molar-refractivity contribution < 1.29 is 14.7 Å². The molecule has 110 valence electrons. The van der Waals surface area contributed by atoms with Crippen LogP contribution in [-0.4, -0.2) is 47.1 Å². The van der Waals surface area contributed by atoms with Crippen LogP contribution in [0.2, 0.25) is 0 Å². The van der Waals surface area contributed by atoms with E-state index in [1.54, 1.807) is 4.90 Å². The number of carbonyl (C=O) groups excluding carboxylic acids is 2. The van der Waals surface area contributed by atoms with Gasteiger partial charge in [0.15, 0.2) is 0 Å². The monoisotopic (exact) mass is 270 g/mol. The van der Waals surface area contributed by atoms with Crippen LogP contribution >= 0.6 is 0 Å². The molecular weight excluding hydrogens is 244 g/mol. The highest BCUT2D eigenvalue weighted by atomic mass is 16.3. The van der Waals surface area contributed by atoms with E-state index in [2.05, 4.69) is 5.32 Å². The van der Waals surface area contributed by atoms with Crippen LogP contribution in [0.1, 0.15) is 52.4 Å². The maximum absolute atomic E-state index is 11.8. The summed E-state index contributed by atoms with van der Waals surface area (Å²) < 4.78 is 0. The van der Waals surface area contributed by atoms with Crippen molar-refractivity contribution >= 4 is 11.8 Å². The van der Waals surface area contributed by atoms with Gasteiger partial charge in [0, 0.05) is 19.5 Å². The van der Waals surface area contributed by atoms with Crippen molar-refractivity contribution in [3.05, 3.63) is 0 Å². The minimum Gasteiger partial charge on any atom is -0.388 e. The van der Waals surface area contributed by atoms with E-state index in [9.17, 15) is 14.7 Å². The van der Waals surface area contributed by atoms with E-state index >= 15 is 0 Å². The van der Waals surface area contributed by atoms with E-state index in [0.29, 0.717) is 25.8 Å². The van der Waals surface area contributed by atoms with Gasteiger partial charge >= 0.3 is 0 Å². The molecule has 0 aromatic carbocycles. The van der Waals surface area contributed by atoms with E-state index in [4.69, 9.17) is 0 Å². The first-order valence-electron chi connectivity index (χ1n) is 7.27. The third-order valence-electron chi connectivity index (χ3n) is 3.94. The fourth-order valence-electron chi connectivity index (χ4n) is 2.20. The predicted octanol–water partition coefficient (Wildman–Crippen LogP) is 1.06. The van der Waals surface area contributed by atoms with E-state index < -0.39 is 5.60 Å². The number of rotatable bonds is 6. The summed E-state index contributed by atoms with van der Waals surface area (Å²) in [6.07, 6.45) is 4.69. The molecule has 0 aromatic rings. The lowest BCUT2D eigenvalue weighted by Crippen LogP contribution is -2.46. The molecule has 2 N–H and O–H groups in total. The molecule has 0 saturated carbocycles. The number of amides is 2. The molecule has 19 heavy (non-hydrogen) atoms. The zero-order valence-corrected chi connectivity index (χ0v) is 12.1. The van der Waals surface area contributed by atoms with Crippen LogP contribution in [0.15, 0.2) is 0 Å². The normalized spacial score (nSPS) is 17.2. The second-order valence-corrected chi connectivity index (χ2v) is 5.33. The van der Waals surface area contributed by atoms with Gasteiger partial charge in [0.1, 0.15) is 0 Å². The molecular formula is C14H26N2O3. The average Bonchev–Trinajstić information content (AvgIpc) is 2.61. The Bertz CT molecular complexity index is 314. The number of nitrogens with one attached hydrogen (secondary N) is 1. The second kappa shape index (κ2) is 7.48. The molecule has 5 heteroatoms. The molecule has 0 unspecified atom stereocenters. The number of hydrogen-bond acceptors (Lipinski definition) is 3. The van der Waals surface area contributed by atoms with Crippen LogP contribution in [0, 0.1) is 0 Å². The molecule has 1 aliphatic heterocycles. The van der Waals surface area contributed by atoms with Gasteiger partial charge in [0.25, 0.3) is 0 Å². The van der Waals surface area contributed by atoms with Crippen molar-refractivity contribution in [3.8, 4) is 0 Å². The molecule has 0 spiro atoms. The second-order valence-electron chi connectivity index (χ2n) is 5.33. The third-order valence-corrected chi connectivity index (χ3v) is 3.94. The fraction of sp³-hybridized carbons (Fsp3) is 0.857. The summed E-state index contributed by atoms with van der Waals surface area (Å²) in [7, 11) is 0. The van der Waals surface area contributed by atoms with Gasteiger partial charge in [-0.25, -0.2) is 0 Å². The van der Waals surface area contributed by atoms with Crippen molar-refractivity contribution in [2.75, 3.05) is 19.6 Å². The Morgan fingerprint density at radius 1 is 1.32 bits per heavy atom. The third kappa shape index (κ3) is 5.19.